The first-order valence-corrected chi connectivity index (χ1v) is 6.61. The largest absolute Gasteiger partial charge is 0.441 e. The van der Waals surface area contributed by atoms with Gasteiger partial charge in [-0.3, -0.25) is 9.59 Å². The number of carbonyl (C=O) groups is 2. The zero-order valence-electron chi connectivity index (χ0n) is 11.8. The number of anilines is 1. The topological polar surface area (TPSA) is 98.2 Å². The van der Waals surface area contributed by atoms with Crippen LogP contribution in [0.15, 0.2) is 46.9 Å². The lowest BCUT2D eigenvalue weighted by atomic mass is 10.1. The highest BCUT2D eigenvalue weighted by molar-refractivity contribution is 6.05. The number of rotatable bonds is 3. The summed E-state index contributed by atoms with van der Waals surface area (Å²) in [5.41, 5.74) is 7.92. The van der Waals surface area contributed by atoms with Gasteiger partial charge < -0.3 is 15.5 Å². The van der Waals surface area contributed by atoms with Gasteiger partial charge >= 0.3 is 0 Å². The molecule has 3 N–H and O–H groups in total. The Labute approximate surface area is 125 Å². The van der Waals surface area contributed by atoms with E-state index in [0.717, 1.165) is 0 Å². The van der Waals surface area contributed by atoms with E-state index in [1.165, 1.54) is 12.1 Å². The zero-order chi connectivity index (χ0) is 15.7. The molecule has 0 aliphatic carbocycles. The molecular formula is C16H13N3O3. The molecule has 0 atom stereocenters. The normalized spacial score (nSPS) is 10.6. The lowest BCUT2D eigenvalue weighted by Crippen LogP contribution is -2.14. The second-order valence-electron chi connectivity index (χ2n) is 4.81. The number of nitrogens with one attached hydrogen (secondary N) is 1. The second kappa shape index (κ2) is 5.33. The van der Waals surface area contributed by atoms with E-state index in [4.69, 9.17) is 10.2 Å². The number of fused-ring (bicyclic) bond motifs is 1. The van der Waals surface area contributed by atoms with Crippen molar-refractivity contribution in [3.8, 4) is 0 Å². The standard InChI is InChI=1S/C16H13N3O3/c1-9-18-13-8-12(6-7-14(13)22-9)19-16(21)11-4-2-10(3-5-11)15(17)20/h2-8H,1H3,(H2,17,20)(H,19,21). The van der Waals surface area contributed by atoms with Crippen LogP contribution in [0.3, 0.4) is 0 Å². The lowest BCUT2D eigenvalue weighted by Gasteiger charge is -2.05. The summed E-state index contributed by atoms with van der Waals surface area (Å²) in [6, 6.07) is 11.4. The number of hydrogen-bond acceptors (Lipinski definition) is 4. The van der Waals surface area contributed by atoms with Crippen molar-refractivity contribution in [3.05, 3.63) is 59.5 Å². The van der Waals surface area contributed by atoms with Crippen LogP contribution in [0.1, 0.15) is 26.6 Å². The van der Waals surface area contributed by atoms with Crippen molar-refractivity contribution in [1.82, 2.24) is 4.98 Å². The predicted octanol–water partition coefficient (Wildman–Crippen LogP) is 2.49. The number of hydrogen-bond donors (Lipinski definition) is 2. The Bertz CT molecular complexity index is 866. The molecule has 1 aromatic heterocycles. The SMILES string of the molecule is Cc1nc2cc(NC(=O)c3ccc(C(N)=O)cc3)ccc2o1. The highest BCUT2D eigenvalue weighted by atomic mass is 16.3. The minimum absolute atomic E-state index is 0.282. The molecule has 0 aliphatic heterocycles. The van der Waals surface area contributed by atoms with E-state index in [-0.39, 0.29) is 5.91 Å². The summed E-state index contributed by atoms with van der Waals surface area (Å²) in [6.07, 6.45) is 0. The van der Waals surface area contributed by atoms with E-state index < -0.39 is 5.91 Å². The zero-order valence-corrected chi connectivity index (χ0v) is 11.8. The van der Waals surface area contributed by atoms with Crippen LogP contribution in [0.5, 0.6) is 0 Å². The number of amides is 2. The smallest absolute Gasteiger partial charge is 0.255 e. The Hall–Kier alpha value is -3.15. The fourth-order valence-electron chi connectivity index (χ4n) is 2.11. The molecule has 0 bridgehead atoms. The monoisotopic (exact) mass is 295 g/mol. The molecule has 0 fully saturated rings. The summed E-state index contributed by atoms with van der Waals surface area (Å²) in [5, 5.41) is 2.77. The van der Waals surface area contributed by atoms with Gasteiger partial charge in [-0.15, -0.1) is 0 Å². The maximum atomic E-state index is 12.2. The Balaban J connectivity index is 1.81. The average molecular weight is 295 g/mol. The van der Waals surface area contributed by atoms with Crippen LogP contribution in [0.25, 0.3) is 11.1 Å². The molecule has 3 rings (SSSR count). The van der Waals surface area contributed by atoms with Crippen molar-refractivity contribution in [3.63, 3.8) is 0 Å². The molecule has 3 aromatic rings. The predicted molar refractivity (Wildman–Crippen MR) is 81.7 cm³/mol. The number of primary amides is 1. The summed E-state index contributed by atoms with van der Waals surface area (Å²) in [5.74, 6) is -0.241. The van der Waals surface area contributed by atoms with E-state index in [0.29, 0.717) is 33.8 Å². The molecule has 2 amide bonds. The maximum Gasteiger partial charge on any atom is 0.255 e. The third kappa shape index (κ3) is 2.67. The summed E-state index contributed by atoms with van der Waals surface area (Å²) in [7, 11) is 0. The maximum absolute atomic E-state index is 12.2. The van der Waals surface area contributed by atoms with Gasteiger partial charge in [-0.1, -0.05) is 0 Å². The minimum Gasteiger partial charge on any atom is -0.441 e. The first-order valence-electron chi connectivity index (χ1n) is 6.61. The van der Waals surface area contributed by atoms with Crippen molar-refractivity contribution in [2.75, 3.05) is 5.32 Å². The molecule has 22 heavy (non-hydrogen) atoms. The highest BCUT2D eigenvalue weighted by Crippen LogP contribution is 2.20. The molecule has 1 heterocycles. The van der Waals surface area contributed by atoms with Crippen molar-refractivity contribution < 1.29 is 14.0 Å². The third-order valence-electron chi connectivity index (χ3n) is 3.18. The average Bonchev–Trinajstić information content (AvgIpc) is 2.86. The number of aromatic nitrogens is 1. The van der Waals surface area contributed by atoms with Gasteiger partial charge in [0.15, 0.2) is 11.5 Å². The van der Waals surface area contributed by atoms with Crippen LogP contribution in [0.4, 0.5) is 5.69 Å². The number of aryl methyl sites for hydroxylation is 1. The fourth-order valence-corrected chi connectivity index (χ4v) is 2.11. The summed E-state index contributed by atoms with van der Waals surface area (Å²) >= 11 is 0. The number of oxazole rings is 1. The van der Waals surface area contributed by atoms with Gasteiger partial charge in [0.1, 0.15) is 5.52 Å². The first kappa shape index (κ1) is 13.8. The quantitative estimate of drug-likeness (QED) is 0.775. The molecule has 0 aliphatic rings. The minimum atomic E-state index is -0.529. The van der Waals surface area contributed by atoms with Crippen LogP contribution >= 0.6 is 0 Å². The lowest BCUT2D eigenvalue weighted by molar-refractivity contribution is 0.0995. The molecule has 0 radical (unpaired) electrons. The van der Waals surface area contributed by atoms with E-state index in [2.05, 4.69) is 10.3 Å². The summed E-state index contributed by atoms with van der Waals surface area (Å²) in [4.78, 5) is 27.4. The van der Waals surface area contributed by atoms with Crippen LogP contribution in [-0.2, 0) is 0 Å². The van der Waals surface area contributed by atoms with Gasteiger partial charge in [0.25, 0.3) is 5.91 Å². The number of nitrogens with two attached hydrogens (primary N) is 1. The second-order valence-corrected chi connectivity index (χ2v) is 4.81. The fraction of sp³-hybridized carbons (Fsp3) is 0.0625. The van der Waals surface area contributed by atoms with Crippen LogP contribution < -0.4 is 11.1 Å². The molecule has 0 saturated carbocycles. The number of nitrogens with zero attached hydrogens (tertiary/aromatic N) is 1. The number of benzene rings is 2. The molecule has 0 saturated heterocycles. The van der Waals surface area contributed by atoms with Crippen LogP contribution in [0, 0.1) is 6.92 Å². The van der Waals surface area contributed by atoms with Crippen LogP contribution in [-0.4, -0.2) is 16.8 Å². The first-order chi connectivity index (χ1) is 10.5. The Morgan fingerprint density at radius 3 is 2.45 bits per heavy atom. The van der Waals surface area contributed by atoms with Crippen molar-refractivity contribution in [1.29, 1.82) is 0 Å². The van der Waals surface area contributed by atoms with Crippen molar-refractivity contribution >= 4 is 28.6 Å². The molecule has 6 nitrogen and oxygen atoms in total. The van der Waals surface area contributed by atoms with E-state index in [1.807, 2.05) is 0 Å². The number of carbonyl (C=O) groups excluding carboxylic acids is 2. The Morgan fingerprint density at radius 2 is 1.77 bits per heavy atom. The van der Waals surface area contributed by atoms with Gasteiger partial charge in [0, 0.05) is 23.7 Å². The van der Waals surface area contributed by atoms with E-state index in [9.17, 15) is 9.59 Å². The highest BCUT2D eigenvalue weighted by Gasteiger charge is 2.09. The molecule has 2 aromatic carbocycles. The van der Waals surface area contributed by atoms with Gasteiger partial charge in [-0.25, -0.2) is 4.98 Å². The molecule has 110 valence electrons. The van der Waals surface area contributed by atoms with Gasteiger partial charge in [0.05, 0.1) is 0 Å². The Kier molecular flexibility index (Phi) is 3.34. The van der Waals surface area contributed by atoms with Gasteiger partial charge in [0.2, 0.25) is 5.91 Å². The Morgan fingerprint density at radius 1 is 1.09 bits per heavy atom. The third-order valence-corrected chi connectivity index (χ3v) is 3.18. The molecule has 0 spiro atoms. The van der Waals surface area contributed by atoms with Gasteiger partial charge in [-0.05, 0) is 42.5 Å². The summed E-state index contributed by atoms with van der Waals surface area (Å²) < 4.78 is 5.38. The molecule has 6 heteroatoms. The van der Waals surface area contributed by atoms with E-state index >= 15 is 0 Å². The van der Waals surface area contributed by atoms with Gasteiger partial charge in [-0.2, -0.15) is 0 Å². The summed E-state index contributed by atoms with van der Waals surface area (Å²) in [6.45, 7) is 1.76. The molecule has 0 unspecified atom stereocenters. The molecular weight excluding hydrogens is 282 g/mol. The van der Waals surface area contributed by atoms with Crippen LogP contribution in [0.2, 0.25) is 0 Å². The van der Waals surface area contributed by atoms with E-state index in [1.54, 1.807) is 37.3 Å². The van der Waals surface area contributed by atoms with Crippen molar-refractivity contribution in [2.45, 2.75) is 6.92 Å². The van der Waals surface area contributed by atoms with Crippen molar-refractivity contribution in [2.24, 2.45) is 5.73 Å².